The number of aliphatic hydroxyl groups is 1. The number of hydrogen-bond donors (Lipinski definition) is 1. The van der Waals surface area contributed by atoms with E-state index in [9.17, 15) is 9.90 Å². The van der Waals surface area contributed by atoms with E-state index in [0.29, 0.717) is 6.42 Å². The minimum Gasteiger partial charge on any atom is -0.389 e. The van der Waals surface area contributed by atoms with Crippen LogP contribution in [-0.4, -0.2) is 58.7 Å². The molecule has 0 bridgehead atoms. The van der Waals surface area contributed by atoms with Crippen molar-refractivity contribution in [1.82, 2.24) is 14.3 Å². The van der Waals surface area contributed by atoms with Crippen LogP contribution >= 0.6 is 11.3 Å². The first-order chi connectivity index (χ1) is 9.51. The SMILES string of the molecule is COCC(O)CN(C)C(=O)Cc1csc2nc(C)cn12. The van der Waals surface area contributed by atoms with Crippen molar-refractivity contribution >= 4 is 22.2 Å². The Morgan fingerprint density at radius 2 is 2.40 bits per heavy atom. The van der Waals surface area contributed by atoms with E-state index in [1.165, 1.54) is 23.3 Å². The number of fused-ring (bicyclic) bond motifs is 1. The third-order valence-electron chi connectivity index (χ3n) is 3.01. The van der Waals surface area contributed by atoms with Gasteiger partial charge < -0.3 is 14.7 Å². The second kappa shape index (κ2) is 6.34. The Kier molecular flexibility index (Phi) is 4.74. The largest absolute Gasteiger partial charge is 0.389 e. The number of rotatable bonds is 6. The molecule has 1 N–H and O–H groups in total. The fraction of sp³-hybridized carbons (Fsp3) is 0.538. The summed E-state index contributed by atoms with van der Waals surface area (Å²) in [5.74, 6) is -0.0359. The molecule has 0 saturated heterocycles. The van der Waals surface area contributed by atoms with Crippen LogP contribution in [0.4, 0.5) is 0 Å². The van der Waals surface area contributed by atoms with Crippen LogP contribution in [0, 0.1) is 6.92 Å². The second-order valence-corrected chi connectivity index (χ2v) is 5.66. The standard InChI is InChI=1S/C13H19N3O3S/c1-9-5-16-10(8-20-13(16)14-9)4-12(18)15(2)6-11(17)7-19-3/h5,8,11,17H,4,6-7H2,1-3H3. The summed E-state index contributed by atoms with van der Waals surface area (Å²) < 4.78 is 6.79. The normalized spacial score (nSPS) is 12.8. The molecule has 2 aromatic rings. The maximum atomic E-state index is 12.1. The molecule has 0 fully saturated rings. The van der Waals surface area contributed by atoms with Gasteiger partial charge in [-0.25, -0.2) is 4.98 Å². The van der Waals surface area contributed by atoms with Gasteiger partial charge in [-0.15, -0.1) is 11.3 Å². The molecule has 0 aromatic carbocycles. The molecular formula is C13H19N3O3S. The Labute approximate surface area is 121 Å². The maximum absolute atomic E-state index is 12.1. The summed E-state index contributed by atoms with van der Waals surface area (Å²) >= 11 is 1.52. The average molecular weight is 297 g/mol. The van der Waals surface area contributed by atoms with E-state index in [2.05, 4.69) is 4.98 Å². The van der Waals surface area contributed by atoms with Gasteiger partial charge in [-0.05, 0) is 6.92 Å². The number of amides is 1. The Balaban J connectivity index is 2.00. The number of aromatic nitrogens is 2. The van der Waals surface area contributed by atoms with Crippen LogP contribution in [0.3, 0.4) is 0 Å². The van der Waals surface area contributed by atoms with Gasteiger partial charge in [0.05, 0.1) is 24.8 Å². The number of aliphatic hydroxyl groups excluding tert-OH is 1. The van der Waals surface area contributed by atoms with Crippen molar-refractivity contribution in [3.63, 3.8) is 0 Å². The number of nitrogens with zero attached hydrogens (tertiary/aromatic N) is 3. The number of ether oxygens (including phenoxy) is 1. The fourth-order valence-corrected chi connectivity index (χ4v) is 2.94. The lowest BCUT2D eigenvalue weighted by Gasteiger charge is -2.20. The summed E-state index contributed by atoms with van der Waals surface area (Å²) in [6.45, 7) is 2.42. The van der Waals surface area contributed by atoms with Crippen LogP contribution in [0.2, 0.25) is 0 Å². The van der Waals surface area contributed by atoms with E-state index in [0.717, 1.165) is 16.3 Å². The van der Waals surface area contributed by atoms with Crippen molar-refractivity contribution in [1.29, 1.82) is 0 Å². The zero-order valence-corrected chi connectivity index (χ0v) is 12.7. The number of carbonyl (C=O) groups excluding carboxylic acids is 1. The van der Waals surface area contributed by atoms with Crippen LogP contribution in [-0.2, 0) is 16.0 Å². The first-order valence-electron chi connectivity index (χ1n) is 6.34. The van der Waals surface area contributed by atoms with Crippen molar-refractivity contribution in [2.75, 3.05) is 27.3 Å². The number of thiazole rings is 1. The number of hydrogen-bond acceptors (Lipinski definition) is 5. The van der Waals surface area contributed by atoms with Gasteiger partial charge in [0.25, 0.3) is 0 Å². The lowest BCUT2D eigenvalue weighted by atomic mass is 10.2. The first kappa shape index (κ1) is 15.0. The van der Waals surface area contributed by atoms with E-state index >= 15 is 0 Å². The zero-order valence-electron chi connectivity index (χ0n) is 11.9. The fourth-order valence-electron chi connectivity index (χ4n) is 2.02. The Morgan fingerprint density at radius 1 is 1.65 bits per heavy atom. The molecule has 2 rings (SSSR count). The third-order valence-corrected chi connectivity index (χ3v) is 3.89. The minimum atomic E-state index is -0.660. The molecule has 1 amide bonds. The van der Waals surface area contributed by atoms with Gasteiger partial charge in [-0.1, -0.05) is 0 Å². The molecule has 1 atom stereocenters. The first-order valence-corrected chi connectivity index (χ1v) is 7.22. The predicted octanol–water partition coefficient (Wildman–Crippen LogP) is 0.712. The molecule has 2 heterocycles. The smallest absolute Gasteiger partial charge is 0.228 e. The molecule has 0 aliphatic rings. The highest BCUT2D eigenvalue weighted by atomic mass is 32.1. The summed E-state index contributed by atoms with van der Waals surface area (Å²) in [6, 6.07) is 0. The summed E-state index contributed by atoms with van der Waals surface area (Å²) in [5, 5.41) is 11.6. The molecule has 2 aromatic heterocycles. The average Bonchev–Trinajstić information content (AvgIpc) is 2.90. The minimum absolute atomic E-state index is 0.0359. The Bertz CT molecular complexity index is 593. The zero-order chi connectivity index (χ0) is 14.7. The highest BCUT2D eigenvalue weighted by molar-refractivity contribution is 7.15. The molecule has 1 unspecified atom stereocenters. The van der Waals surface area contributed by atoms with Crippen LogP contribution in [0.15, 0.2) is 11.6 Å². The topological polar surface area (TPSA) is 67.1 Å². The van der Waals surface area contributed by atoms with Crippen molar-refractivity contribution in [2.24, 2.45) is 0 Å². The van der Waals surface area contributed by atoms with Crippen LogP contribution in [0.25, 0.3) is 4.96 Å². The second-order valence-electron chi connectivity index (χ2n) is 4.82. The maximum Gasteiger partial charge on any atom is 0.228 e. The van der Waals surface area contributed by atoms with Gasteiger partial charge in [0.1, 0.15) is 0 Å². The molecule has 0 aliphatic carbocycles. The van der Waals surface area contributed by atoms with Gasteiger partial charge in [-0.2, -0.15) is 0 Å². The molecule has 0 spiro atoms. The third kappa shape index (κ3) is 3.36. The number of likely N-dealkylation sites (N-methyl/N-ethyl adjacent to an activating group) is 1. The lowest BCUT2D eigenvalue weighted by Crippen LogP contribution is -2.37. The molecular weight excluding hydrogens is 278 g/mol. The Hall–Kier alpha value is -1.44. The van der Waals surface area contributed by atoms with Gasteiger partial charge in [0, 0.05) is 38.0 Å². The van der Waals surface area contributed by atoms with Crippen LogP contribution in [0.5, 0.6) is 0 Å². The van der Waals surface area contributed by atoms with E-state index < -0.39 is 6.10 Å². The van der Waals surface area contributed by atoms with Crippen LogP contribution in [0.1, 0.15) is 11.4 Å². The monoisotopic (exact) mass is 297 g/mol. The van der Waals surface area contributed by atoms with Crippen molar-refractivity contribution in [3.05, 3.63) is 23.0 Å². The summed E-state index contributed by atoms with van der Waals surface area (Å²) in [7, 11) is 3.21. The molecule has 0 radical (unpaired) electrons. The van der Waals surface area contributed by atoms with Gasteiger partial charge in [-0.3, -0.25) is 9.20 Å². The van der Waals surface area contributed by atoms with Gasteiger partial charge >= 0.3 is 0 Å². The predicted molar refractivity (Wildman–Crippen MR) is 77.0 cm³/mol. The number of aryl methyl sites for hydroxylation is 1. The van der Waals surface area contributed by atoms with Crippen molar-refractivity contribution < 1.29 is 14.6 Å². The van der Waals surface area contributed by atoms with E-state index in [-0.39, 0.29) is 19.1 Å². The highest BCUT2D eigenvalue weighted by Crippen LogP contribution is 2.17. The number of imidazole rings is 1. The number of methoxy groups -OCH3 is 1. The van der Waals surface area contributed by atoms with E-state index in [1.54, 1.807) is 7.05 Å². The lowest BCUT2D eigenvalue weighted by molar-refractivity contribution is -0.130. The van der Waals surface area contributed by atoms with Gasteiger partial charge in [0.15, 0.2) is 4.96 Å². The molecule has 7 heteroatoms. The molecule has 110 valence electrons. The van der Waals surface area contributed by atoms with Crippen molar-refractivity contribution in [3.8, 4) is 0 Å². The molecule has 20 heavy (non-hydrogen) atoms. The highest BCUT2D eigenvalue weighted by Gasteiger charge is 2.16. The molecule has 0 aliphatic heterocycles. The summed E-state index contributed by atoms with van der Waals surface area (Å²) in [5.41, 5.74) is 1.86. The molecule has 6 nitrogen and oxygen atoms in total. The quantitative estimate of drug-likeness (QED) is 0.853. The van der Waals surface area contributed by atoms with E-state index in [1.807, 2.05) is 22.9 Å². The number of carbonyl (C=O) groups is 1. The van der Waals surface area contributed by atoms with Crippen LogP contribution < -0.4 is 0 Å². The summed E-state index contributed by atoms with van der Waals surface area (Å²) in [6.07, 6.45) is 1.56. The van der Waals surface area contributed by atoms with Crippen molar-refractivity contribution in [2.45, 2.75) is 19.4 Å². The summed E-state index contributed by atoms with van der Waals surface area (Å²) in [4.78, 5) is 18.9. The molecule has 0 saturated carbocycles. The van der Waals surface area contributed by atoms with E-state index in [4.69, 9.17) is 4.74 Å². The Morgan fingerprint density at radius 3 is 3.10 bits per heavy atom. The van der Waals surface area contributed by atoms with Gasteiger partial charge in [0.2, 0.25) is 5.91 Å².